The first-order valence-corrected chi connectivity index (χ1v) is 3.70. The molecule has 2 aromatic rings. The molecule has 2 rings (SSSR count). The summed E-state index contributed by atoms with van der Waals surface area (Å²) >= 11 is 0. The summed E-state index contributed by atoms with van der Waals surface area (Å²) in [5.41, 5.74) is 0.804. The van der Waals surface area contributed by atoms with E-state index in [0.29, 0.717) is 17.2 Å². The number of nitrogens with zero attached hydrogens (tertiary/aromatic N) is 2. The second kappa shape index (κ2) is 2.82. The Labute approximate surface area is 73.9 Å². The quantitative estimate of drug-likeness (QED) is 0.658. The van der Waals surface area contributed by atoms with Gasteiger partial charge < -0.3 is 5.11 Å². The second-order valence-electron chi connectivity index (χ2n) is 2.57. The molecule has 0 saturated heterocycles. The first kappa shape index (κ1) is 7.67. The van der Waals surface area contributed by atoms with Crippen molar-refractivity contribution in [3.05, 3.63) is 30.2 Å². The number of pyridine rings is 2. The Bertz CT molecular complexity index is 468. The minimum absolute atomic E-state index is 0.0619. The summed E-state index contributed by atoms with van der Waals surface area (Å²) in [5, 5.41) is 10.0. The van der Waals surface area contributed by atoms with Crippen molar-refractivity contribution in [3.8, 4) is 5.75 Å². The third-order valence-electron chi connectivity index (χ3n) is 1.80. The fraction of sp³-hybridized carbons (Fsp3) is 0. The summed E-state index contributed by atoms with van der Waals surface area (Å²) in [6.45, 7) is 0. The van der Waals surface area contributed by atoms with Gasteiger partial charge in [-0.25, -0.2) is 0 Å². The van der Waals surface area contributed by atoms with Gasteiger partial charge in [-0.15, -0.1) is 0 Å². The Kier molecular flexibility index (Phi) is 1.66. The number of carbonyl (C=O) groups excluding carboxylic acids is 1. The Morgan fingerprint density at radius 1 is 1.38 bits per heavy atom. The highest BCUT2D eigenvalue weighted by Crippen LogP contribution is 2.24. The number of aromatic hydroxyl groups is 1. The highest BCUT2D eigenvalue weighted by atomic mass is 16.3. The Balaban J connectivity index is 2.86. The van der Waals surface area contributed by atoms with Crippen molar-refractivity contribution in [2.45, 2.75) is 0 Å². The van der Waals surface area contributed by atoms with E-state index >= 15 is 0 Å². The third kappa shape index (κ3) is 1.12. The smallest absolute Gasteiger partial charge is 0.155 e. The van der Waals surface area contributed by atoms with E-state index in [2.05, 4.69) is 9.97 Å². The number of hydrogen-bond acceptors (Lipinski definition) is 4. The molecule has 0 bridgehead atoms. The summed E-state index contributed by atoms with van der Waals surface area (Å²) in [7, 11) is 0. The van der Waals surface area contributed by atoms with E-state index in [1.54, 1.807) is 12.3 Å². The summed E-state index contributed by atoms with van der Waals surface area (Å²) < 4.78 is 0. The molecule has 0 aliphatic carbocycles. The fourth-order valence-electron chi connectivity index (χ4n) is 1.12. The molecule has 0 aliphatic heterocycles. The molecule has 0 radical (unpaired) electrons. The molecule has 2 heterocycles. The van der Waals surface area contributed by atoms with Crippen LogP contribution in [0.25, 0.3) is 10.9 Å². The molecule has 0 amide bonds. The molecular formula is C9H6N2O2. The summed E-state index contributed by atoms with van der Waals surface area (Å²) in [6, 6.07) is 1.67. The van der Waals surface area contributed by atoms with E-state index in [0.717, 1.165) is 0 Å². The zero-order valence-corrected chi connectivity index (χ0v) is 6.64. The fourth-order valence-corrected chi connectivity index (χ4v) is 1.12. The minimum Gasteiger partial charge on any atom is -0.506 e. The van der Waals surface area contributed by atoms with Crippen molar-refractivity contribution in [1.29, 1.82) is 0 Å². The van der Waals surface area contributed by atoms with Gasteiger partial charge in [0.1, 0.15) is 5.75 Å². The molecule has 0 aliphatic rings. The average Bonchev–Trinajstić information content (AvgIpc) is 2.19. The molecule has 0 saturated carbocycles. The number of fused-ring (bicyclic) bond motifs is 1. The van der Waals surface area contributed by atoms with Gasteiger partial charge in [-0.1, -0.05) is 0 Å². The van der Waals surface area contributed by atoms with Gasteiger partial charge in [0.25, 0.3) is 0 Å². The predicted octanol–water partition coefficient (Wildman–Crippen LogP) is 1.15. The van der Waals surface area contributed by atoms with Crippen molar-refractivity contribution in [3.63, 3.8) is 0 Å². The standard InChI is InChI=1S/C9H6N2O2/c12-5-6-3-11-8-1-2-10-4-7(8)9(6)13/h1-5H,(H,11,13). The maximum atomic E-state index is 10.5. The molecule has 0 unspecified atom stereocenters. The average molecular weight is 174 g/mol. The van der Waals surface area contributed by atoms with Gasteiger partial charge in [0.15, 0.2) is 6.29 Å². The lowest BCUT2D eigenvalue weighted by atomic mass is 10.2. The number of hydrogen-bond donors (Lipinski definition) is 1. The van der Waals surface area contributed by atoms with Crippen LogP contribution in [0.2, 0.25) is 0 Å². The van der Waals surface area contributed by atoms with Crippen LogP contribution in [0.15, 0.2) is 24.7 Å². The molecule has 1 N–H and O–H groups in total. The van der Waals surface area contributed by atoms with Crippen LogP contribution >= 0.6 is 0 Å². The molecule has 0 fully saturated rings. The summed E-state index contributed by atoms with van der Waals surface area (Å²) in [4.78, 5) is 18.3. The Hall–Kier alpha value is -1.97. The van der Waals surface area contributed by atoms with Crippen molar-refractivity contribution in [2.24, 2.45) is 0 Å². The second-order valence-corrected chi connectivity index (χ2v) is 2.57. The number of aldehydes is 1. The van der Waals surface area contributed by atoms with Crippen molar-refractivity contribution >= 4 is 17.2 Å². The maximum Gasteiger partial charge on any atom is 0.155 e. The highest BCUT2D eigenvalue weighted by molar-refractivity contribution is 5.92. The van der Waals surface area contributed by atoms with Crippen LogP contribution in [-0.2, 0) is 0 Å². The minimum atomic E-state index is -0.0619. The van der Waals surface area contributed by atoms with Crippen LogP contribution in [-0.4, -0.2) is 21.4 Å². The molecule has 4 heteroatoms. The maximum absolute atomic E-state index is 10.5. The van der Waals surface area contributed by atoms with Gasteiger partial charge in [-0.3, -0.25) is 14.8 Å². The first-order valence-electron chi connectivity index (χ1n) is 3.70. The zero-order chi connectivity index (χ0) is 9.26. The van der Waals surface area contributed by atoms with Crippen LogP contribution < -0.4 is 0 Å². The van der Waals surface area contributed by atoms with E-state index < -0.39 is 0 Å². The number of aromatic nitrogens is 2. The summed E-state index contributed by atoms with van der Waals surface area (Å²) in [5.74, 6) is -0.0619. The van der Waals surface area contributed by atoms with Crippen LogP contribution in [0.3, 0.4) is 0 Å². The van der Waals surface area contributed by atoms with Gasteiger partial charge in [0, 0.05) is 18.6 Å². The largest absolute Gasteiger partial charge is 0.506 e. The monoisotopic (exact) mass is 174 g/mol. The normalized spacial score (nSPS) is 10.2. The van der Waals surface area contributed by atoms with Crippen molar-refractivity contribution < 1.29 is 9.90 Å². The molecule has 0 aromatic carbocycles. The van der Waals surface area contributed by atoms with Crippen LogP contribution in [0.4, 0.5) is 0 Å². The lowest BCUT2D eigenvalue weighted by molar-refractivity contribution is 0.112. The van der Waals surface area contributed by atoms with Gasteiger partial charge >= 0.3 is 0 Å². The number of rotatable bonds is 1. The zero-order valence-electron chi connectivity index (χ0n) is 6.64. The topological polar surface area (TPSA) is 63.1 Å². The predicted molar refractivity (Wildman–Crippen MR) is 46.6 cm³/mol. The van der Waals surface area contributed by atoms with Gasteiger partial charge in [0.2, 0.25) is 0 Å². The molecule has 0 atom stereocenters. The summed E-state index contributed by atoms with van der Waals surface area (Å²) in [6.07, 6.45) is 4.96. The molecular weight excluding hydrogens is 168 g/mol. The highest BCUT2D eigenvalue weighted by Gasteiger charge is 2.05. The molecule has 2 aromatic heterocycles. The Morgan fingerprint density at radius 3 is 3.00 bits per heavy atom. The lowest BCUT2D eigenvalue weighted by Gasteiger charge is -2.00. The first-order chi connectivity index (χ1) is 6.33. The molecule has 4 nitrogen and oxygen atoms in total. The van der Waals surface area contributed by atoms with E-state index in [9.17, 15) is 9.90 Å². The van der Waals surface area contributed by atoms with Crippen LogP contribution in [0.5, 0.6) is 5.75 Å². The van der Waals surface area contributed by atoms with E-state index in [1.165, 1.54) is 12.4 Å². The molecule has 13 heavy (non-hydrogen) atoms. The van der Waals surface area contributed by atoms with Gasteiger partial charge in [-0.2, -0.15) is 0 Å². The van der Waals surface area contributed by atoms with E-state index in [-0.39, 0.29) is 11.3 Å². The molecule has 0 spiro atoms. The van der Waals surface area contributed by atoms with Gasteiger partial charge in [0.05, 0.1) is 16.5 Å². The Morgan fingerprint density at radius 2 is 2.23 bits per heavy atom. The number of carbonyl (C=O) groups is 1. The van der Waals surface area contributed by atoms with E-state index in [4.69, 9.17) is 0 Å². The third-order valence-corrected chi connectivity index (χ3v) is 1.80. The molecule has 64 valence electrons. The lowest BCUT2D eigenvalue weighted by Crippen LogP contribution is -1.87. The SMILES string of the molecule is O=Cc1cnc2ccncc2c1O. The van der Waals surface area contributed by atoms with Crippen LogP contribution in [0, 0.1) is 0 Å². The van der Waals surface area contributed by atoms with E-state index in [1.807, 2.05) is 0 Å². The van der Waals surface area contributed by atoms with Gasteiger partial charge in [-0.05, 0) is 6.07 Å². The van der Waals surface area contributed by atoms with Crippen molar-refractivity contribution in [1.82, 2.24) is 9.97 Å². The van der Waals surface area contributed by atoms with Crippen LogP contribution in [0.1, 0.15) is 10.4 Å². The van der Waals surface area contributed by atoms with Crippen molar-refractivity contribution in [2.75, 3.05) is 0 Å².